The molecule has 4 bridgehead atoms. The third kappa shape index (κ3) is 2.03. The lowest BCUT2D eigenvalue weighted by atomic mass is 9.72. The fraction of sp³-hybridized carbons (Fsp3) is 0.636. The zero-order valence-corrected chi connectivity index (χ0v) is 17.2. The minimum Gasteiger partial charge on any atom is -0.383 e. The number of pyridine rings is 1. The minimum atomic E-state index is -4.53. The smallest absolute Gasteiger partial charge is 0.383 e. The molecule has 0 radical (unpaired) electrons. The molecule has 4 heterocycles. The van der Waals surface area contributed by atoms with Gasteiger partial charge in [-0.3, -0.25) is 4.90 Å². The van der Waals surface area contributed by atoms with Crippen LogP contribution in [0.15, 0.2) is 18.5 Å². The Balaban J connectivity index is 1.22. The molecule has 9 heteroatoms. The number of fused-ring (bicyclic) bond motifs is 1. The van der Waals surface area contributed by atoms with Gasteiger partial charge in [-0.1, -0.05) is 0 Å². The number of hydrogen-bond acceptors (Lipinski definition) is 5. The van der Waals surface area contributed by atoms with Crippen LogP contribution in [0.3, 0.4) is 0 Å². The molecular weight excluding hydrogens is 407 g/mol. The number of methoxy groups -OCH3 is 1. The topological polar surface area (TPSA) is 69.2 Å². The number of nitrogen functional groups attached to an aromatic ring is 1. The second-order valence-electron chi connectivity index (χ2n) is 9.99. The normalized spacial score (nSPS) is 37.0. The Morgan fingerprint density at radius 1 is 1.29 bits per heavy atom. The van der Waals surface area contributed by atoms with Crippen molar-refractivity contribution in [2.45, 2.75) is 37.0 Å². The van der Waals surface area contributed by atoms with Crippen LogP contribution >= 0.6 is 0 Å². The van der Waals surface area contributed by atoms with Gasteiger partial charge >= 0.3 is 6.18 Å². The molecular formula is C22H24F3N5O. The predicted octanol–water partition coefficient (Wildman–Crippen LogP) is 2.78. The van der Waals surface area contributed by atoms with Gasteiger partial charge in [0, 0.05) is 67.9 Å². The summed E-state index contributed by atoms with van der Waals surface area (Å²) in [5, 5.41) is 0. The van der Waals surface area contributed by atoms with Crippen molar-refractivity contribution < 1.29 is 17.9 Å². The number of aromatic nitrogens is 3. The second-order valence-corrected chi connectivity index (χ2v) is 9.99. The molecule has 164 valence electrons. The van der Waals surface area contributed by atoms with Crippen molar-refractivity contribution in [3.63, 3.8) is 0 Å². The number of rotatable bonds is 7. The molecule has 2 saturated heterocycles. The first-order chi connectivity index (χ1) is 14.8. The minimum absolute atomic E-state index is 0.171. The number of nitrogens with two attached hydrogens (primary N) is 1. The standard InChI is InChI=1S/C22H24F3N5O/c1-31-5-4-29-10-20-17-16(29)18(20)21(17,20)30-9-14(28-15(30)6-11-2-3-11)12-7-13(22(23,24)25)19(26)27-8-12/h7-9,11,16-18H,2-6,10H2,1H3,(H2,26,27)/t16?,17-,18?,20-,21-/m0/s1. The number of ether oxygens (including phenoxy) is 1. The first-order valence-corrected chi connectivity index (χ1v) is 11.0. The molecule has 2 aromatic heterocycles. The van der Waals surface area contributed by atoms with Gasteiger partial charge < -0.3 is 15.0 Å². The van der Waals surface area contributed by atoms with Gasteiger partial charge in [-0.2, -0.15) is 13.2 Å². The van der Waals surface area contributed by atoms with Crippen molar-refractivity contribution in [2.75, 3.05) is 32.5 Å². The van der Waals surface area contributed by atoms with Crippen LogP contribution in [0.2, 0.25) is 0 Å². The first-order valence-electron chi connectivity index (χ1n) is 11.0. The number of nitrogens with zero attached hydrogens (tertiary/aromatic N) is 4. The molecule has 2 unspecified atom stereocenters. The van der Waals surface area contributed by atoms with Gasteiger partial charge in [0.2, 0.25) is 0 Å². The lowest BCUT2D eigenvalue weighted by molar-refractivity contribution is -0.137. The molecule has 7 aliphatic rings. The molecule has 0 amide bonds. The van der Waals surface area contributed by atoms with E-state index in [2.05, 4.69) is 14.5 Å². The molecule has 5 atom stereocenters. The highest BCUT2D eigenvalue weighted by Gasteiger charge is 3.14. The van der Waals surface area contributed by atoms with E-state index in [9.17, 15) is 13.2 Å². The summed E-state index contributed by atoms with van der Waals surface area (Å²) in [6.45, 7) is 2.84. The van der Waals surface area contributed by atoms with Gasteiger partial charge in [0.15, 0.2) is 0 Å². The van der Waals surface area contributed by atoms with E-state index >= 15 is 0 Å². The number of imidazole rings is 1. The number of piperidine rings is 2. The van der Waals surface area contributed by atoms with Crippen molar-refractivity contribution >= 4 is 5.82 Å². The zero-order valence-electron chi connectivity index (χ0n) is 17.2. The van der Waals surface area contributed by atoms with Crippen molar-refractivity contribution in [1.82, 2.24) is 19.4 Å². The van der Waals surface area contributed by atoms with E-state index in [1.807, 2.05) is 6.20 Å². The Labute approximate surface area is 177 Å². The van der Waals surface area contributed by atoms with Crippen LogP contribution in [-0.4, -0.2) is 52.3 Å². The van der Waals surface area contributed by atoms with Crippen LogP contribution in [0, 0.1) is 23.2 Å². The van der Waals surface area contributed by atoms with E-state index in [0.717, 1.165) is 38.0 Å². The summed E-state index contributed by atoms with van der Waals surface area (Å²) in [7, 11) is 1.74. The highest BCUT2D eigenvalue weighted by atomic mass is 19.4. The lowest BCUT2D eigenvalue weighted by Gasteiger charge is -2.43. The summed E-state index contributed by atoms with van der Waals surface area (Å²) >= 11 is 0. The summed E-state index contributed by atoms with van der Waals surface area (Å²) < 4.78 is 47.6. The molecule has 5 aliphatic carbocycles. The van der Waals surface area contributed by atoms with Gasteiger partial charge in [-0.25, -0.2) is 9.97 Å². The van der Waals surface area contributed by atoms with Gasteiger partial charge in [-0.15, -0.1) is 0 Å². The molecule has 0 aromatic carbocycles. The van der Waals surface area contributed by atoms with E-state index < -0.39 is 17.6 Å². The second kappa shape index (κ2) is 5.43. The Morgan fingerprint density at radius 3 is 2.68 bits per heavy atom. The number of alkyl halides is 3. The average molecular weight is 431 g/mol. The van der Waals surface area contributed by atoms with E-state index in [0.29, 0.717) is 40.5 Å². The number of halogens is 3. The summed E-state index contributed by atoms with van der Waals surface area (Å²) in [6, 6.07) is 1.73. The first kappa shape index (κ1) is 18.4. The maximum Gasteiger partial charge on any atom is 0.419 e. The van der Waals surface area contributed by atoms with Crippen molar-refractivity contribution in [2.24, 2.45) is 23.2 Å². The van der Waals surface area contributed by atoms with Crippen molar-refractivity contribution in [3.8, 4) is 11.3 Å². The third-order valence-electron chi connectivity index (χ3n) is 8.65. The highest BCUT2D eigenvalue weighted by Crippen LogP contribution is 3.06. The fourth-order valence-corrected chi connectivity index (χ4v) is 7.16. The maximum absolute atomic E-state index is 13.3. The van der Waals surface area contributed by atoms with Crippen molar-refractivity contribution in [1.29, 1.82) is 0 Å². The summed E-state index contributed by atoms with van der Waals surface area (Å²) in [5.74, 6) is 2.52. The van der Waals surface area contributed by atoms with E-state index in [-0.39, 0.29) is 5.54 Å². The summed E-state index contributed by atoms with van der Waals surface area (Å²) in [6.07, 6.45) is 2.19. The lowest BCUT2D eigenvalue weighted by Crippen LogP contribution is -2.52. The Kier molecular flexibility index (Phi) is 3.23. The molecule has 31 heavy (non-hydrogen) atoms. The molecule has 2 N–H and O–H groups in total. The highest BCUT2D eigenvalue weighted by molar-refractivity contribution is 5.66. The van der Waals surface area contributed by atoms with Crippen LogP contribution < -0.4 is 5.73 Å². The van der Waals surface area contributed by atoms with E-state index in [1.54, 1.807) is 7.11 Å². The fourth-order valence-electron chi connectivity index (χ4n) is 7.16. The monoisotopic (exact) mass is 431 g/mol. The molecule has 6 nitrogen and oxygen atoms in total. The Bertz CT molecular complexity index is 1100. The zero-order chi connectivity index (χ0) is 21.3. The Morgan fingerprint density at radius 2 is 2.06 bits per heavy atom. The molecule has 2 aliphatic heterocycles. The number of hydrogen-bond donors (Lipinski definition) is 1. The molecule has 9 rings (SSSR count). The van der Waals surface area contributed by atoms with E-state index in [4.69, 9.17) is 15.5 Å². The van der Waals surface area contributed by atoms with Gasteiger partial charge in [0.05, 0.1) is 23.4 Å². The SMILES string of the molecule is COCCN1C[C@@]23C4C1[C@@H]2[C@]43n1cc(-c2cnc(N)c(C(F)(F)F)c2)nc1CC1CC1. The van der Waals surface area contributed by atoms with E-state index in [1.165, 1.54) is 19.0 Å². The Hall–Kier alpha value is -2.13. The summed E-state index contributed by atoms with van der Waals surface area (Å²) in [5.41, 5.74) is 6.09. The third-order valence-corrected chi connectivity index (χ3v) is 8.65. The van der Waals surface area contributed by atoms with Crippen LogP contribution in [0.5, 0.6) is 0 Å². The van der Waals surface area contributed by atoms with Gasteiger partial charge in [0.1, 0.15) is 11.6 Å². The average Bonchev–Trinajstić information content (AvgIpc) is 3.55. The van der Waals surface area contributed by atoms with Gasteiger partial charge in [0.25, 0.3) is 0 Å². The molecule has 5 saturated carbocycles. The van der Waals surface area contributed by atoms with Gasteiger partial charge in [-0.05, 0) is 24.8 Å². The van der Waals surface area contributed by atoms with Crippen LogP contribution in [0.4, 0.5) is 19.0 Å². The molecule has 7 fully saturated rings. The maximum atomic E-state index is 13.3. The van der Waals surface area contributed by atoms with Crippen LogP contribution in [0.25, 0.3) is 11.3 Å². The predicted molar refractivity (Wildman–Crippen MR) is 106 cm³/mol. The molecule has 1 spiro atoms. The largest absolute Gasteiger partial charge is 0.419 e. The number of anilines is 1. The summed E-state index contributed by atoms with van der Waals surface area (Å²) in [4.78, 5) is 11.2. The quantitative estimate of drug-likeness (QED) is 0.730. The van der Waals surface area contributed by atoms with Crippen LogP contribution in [-0.2, 0) is 22.9 Å². The molecule has 2 aromatic rings. The van der Waals surface area contributed by atoms with Crippen molar-refractivity contribution in [3.05, 3.63) is 29.8 Å². The van der Waals surface area contributed by atoms with Crippen LogP contribution in [0.1, 0.15) is 24.2 Å².